The van der Waals surface area contributed by atoms with Gasteiger partial charge in [0.1, 0.15) is 0 Å². The quantitative estimate of drug-likeness (QED) is 0.703. The maximum atomic E-state index is 11.8. The van der Waals surface area contributed by atoms with Crippen LogP contribution in [0.5, 0.6) is 0 Å². The second-order valence-corrected chi connectivity index (χ2v) is 4.64. The maximum absolute atomic E-state index is 11.8. The molecule has 4 heteroatoms. The van der Waals surface area contributed by atoms with Gasteiger partial charge in [-0.2, -0.15) is 0 Å². The van der Waals surface area contributed by atoms with Crippen LogP contribution in [0.25, 0.3) is 0 Å². The molecule has 0 bridgehead atoms. The number of carbonyl (C=O) groups excluding carboxylic acids is 1. The molecule has 1 atom stereocenters. The van der Waals surface area contributed by atoms with Crippen LogP contribution >= 0.6 is 0 Å². The Morgan fingerprint density at radius 1 is 1.57 bits per heavy atom. The Balaban J connectivity index is 2.13. The van der Waals surface area contributed by atoms with Crippen molar-refractivity contribution in [3.05, 3.63) is 0 Å². The molecule has 1 saturated carbocycles. The predicted molar refractivity (Wildman–Crippen MR) is 54.3 cm³/mol. The largest absolute Gasteiger partial charge is 0.329 e. The fourth-order valence-corrected chi connectivity index (χ4v) is 2.47. The van der Waals surface area contributed by atoms with Crippen molar-refractivity contribution in [3.63, 3.8) is 0 Å². The van der Waals surface area contributed by atoms with E-state index in [-0.39, 0.29) is 11.4 Å². The molecule has 1 saturated heterocycles. The first kappa shape index (κ1) is 9.93. The standard InChI is InChI=1S/C10H19N3O/c1-10(8-3-4-8)7-9(14)13(6-5-11)12(10)2/h8H,3-7,11H2,1-2H3. The Labute approximate surface area is 85.0 Å². The summed E-state index contributed by atoms with van der Waals surface area (Å²) in [6.45, 7) is 3.38. The minimum Gasteiger partial charge on any atom is -0.329 e. The molecule has 1 aliphatic heterocycles. The number of rotatable bonds is 3. The first-order valence-electron chi connectivity index (χ1n) is 5.34. The van der Waals surface area contributed by atoms with E-state index >= 15 is 0 Å². The van der Waals surface area contributed by atoms with Crippen LogP contribution in [0.1, 0.15) is 26.2 Å². The minimum atomic E-state index is 0.0618. The molecular weight excluding hydrogens is 178 g/mol. The van der Waals surface area contributed by atoms with Gasteiger partial charge in [-0.1, -0.05) is 0 Å². The van der Waals surface area contributed by atoms with Crippen LogP contribution in [0.2, 0.25) is 0 Å². The Morgan fingerprint density at radius 3 is 2.71 bits per heavy atom. The summed E-state index contributed by atoms with van der Waals surface area (Å²) in [5, 5.41) is 3.91. The molecule has 2 aliphatic rings. The van der Waals surface area contributed by atoms with Crippen LogP contribution in [0.15, 0.2) is 0 Å². The lowest BCUT2D eigenvalue weighted by Crippen LogP contribution is -2.48. The Kier molecular flexibility index (Phi) is 2.27. The lowest BCUT2D eigenvalue weighted by Gasteiger charge is -2.35. The van der Waals surface area contributed by atoms with Crippen molar-refractivity contribution in [2.75, 3.05) is 20.1 Å². The molecule has 0 aromatic heterocycles. The summed E-state index contributed by atoms with van der Waals surface area (Å²) in [5.74, 6) is 0.937. The van der Waals surface area contributed by atoms with Crippen LogP contribution in [0.3, 0.4) is 0 Å². The first-order chi connectivity index (χ1) is 6.59. The van der Waals surface area contributed by atoms with Crippen LogP contribution in [0.4, 0.5) is 0 Å². The summed E-state index contributed by atoms with van der Waals surface area (Å²) < 4.78 is 0. The predicted octanol–water partition coefficient (Wildman–Crippen LogP) is 0.193. The lowest BCUT2D eigenvalue weighted by molar-refractivity contribution is -0.138. The van der Waals surface area contributed by atoms with Gasteiger partial charge in [-0.05, 0) is 25.7 Å². The van der Waals surface area contributed by atoms with Gasteiger partial charge in [0.25, 0.3) is 0 Å². The van der Waals surface area contributed by atoms with Gasteiger partial charge < -0.3 is 5.73 Å². The van der Waals surface area contributed by atoms with Crippen molar-refractivity contribution < 1.29 is 4.79 Å². The molecule has 2 N–H and O–H groups in total. The molecule has 1 unspecified atom stereocenters. The normalized spacial score (nSPS) is 34.2. The third-order valence-electron chi connectivity index (χ3n) is 3.70. The summed E-state index contributed by atoms with van der Waals surface area (Å²) in [6.07, 6.45) is 3.20. The summed E-state index contributed by atoms with van der Waals surface area (Å²) in [5.41, 5.74) is 5.55. The van der Waals surface area contributed by atoms with E-state index in [2.05, 4.69) is 11.9 Å². The fraction of sp³-hybridized carbons (Fsp3) is 0.900. The highest BCUT2D eigenvalue weighted by molar-refractivity contribution is 5.79. The second-order valence-electron chi connectivity index (χ2n) is 4.64. The molecule has 1 aliphatic carbocycles. The summed E-state index contributed by atoms with van der Waals surface area (Å²) in [7, 11) is 2.01. The van der Waals surface area contributed by atoms with E-state index in [0.29, 0.717) is 25.4 Å². The van der Waals surface area contributed by atoms with Gasteiger partial charge in [-0.15, -0.1) is 0 Å². The molecule has 2 fully saturated rings. The first-order valence-corrected chi connectivity index (χ1v) is 5.34. The maximum Gasteiger partial charge on any atom is 0.238 e. The highest BCUT2D eigenvalue weighted by Crippen LogP contribution is 2.47. The molecule has 2 rings (SSSR count). The summed E-state index contributed by atoms with van der Waals surface area (Å²) >= 11 is 0. The molecule has 80 valence electrons. The lowest BCUT2D eigenvalue weighted by atomic mass is 9.93. The molecule has 1 amide bonds. The van der Waals surface area contributed by atoms with Crippen molar-refractivity contribution >= 4 is 5.91 Å². The van der Waals surface area contributed by atoms with E-state index in [9.17, 15) is 4.79 Å². The zero-order valence-corrected chi connectivity index (χ0v) is 8.99. The number of hydrogen-bond acceptors (Lipinski definition) is 3. The minimum absolute atomic E-state index is 0.0618. The van der Waals surface area contributed by atoms with E-state index < -0.39 is 0 Å². The van der Waals surface area contributed by atoms with Gasteiger partial charge in [0.15, 0.2) is 0 Å². The Hall–Kier alpha value is -0.610. The van der Waals surface area contributed by atoms with Crippen LogP contribution in [-0.4, -0.2) is 41.6 Å². The van der Waals surface area contributed by atoms with Gasteiger partial charge in [0.2, 0.25) is 5.91 Å². The summed E-state index contributed by atoms with van der Waals surface area (Å²) in [4.78, 5) is 11.8. The highest BCUT2D eigenvalue weighted by atomic mass is 16.2. The topological polar surface area (TPSA) is 49.6 Å². The average molecular weight is 197 g/mol. The average Bonchev–Trinajstić information content (AvgIpc) is 2.92. The van der Waals surface area contributed by atoms with E-state index in [1.54, 1.807) is 5.01 Å². The van der Waals surface area contributed by atoms with Crippen molar-refractivity contribution in [2.45, 2.75) is 31.7 Å². The zero-order chi connectivity index (χ0) is 10.3. The molecule has 0 aromatic carbocycles. The third kappa shape index (κ3) is 1.33. The SMILES string of the molecule is CN1N(CCN)C(=O)CC1(C)C1CC1. The number of hydrazine groups is 1. The fourth-order valence-electron chi connectivity index (χ4n) is 2.47. The molecular formula is C10H19N3O. The summed E-state index contributed by atoms with van der Waals surface area (Å²) in [6, 6.07) is 0. The van der Waals surface area contributed by atoms with Gasteiger partial charge in [-0.3, -0.25) is 9.80 Å². The molecule has 14 heavy (non-hydrogen) atoms. The molecule has 0 spiro atoms. The van der Waals surface area contributed by atoms with Crippen molar-refractivity contribution in [1.82, 2.24) is 10.0 Å². The highest BCUT2D eigenvalue weighted by Gasteiger charge is 2.52. The van der Waals surface area contributed by atoms with Crippen molar-refractivity contribution in [3.8, 4) is 0 Å². The van der Waals surface area contributed by atoms with Gasteiger partial charge in [0, 0.05) is 32.1 Å². The van der Waals surface area contributed by atoms with Crippen LogP contribution < -0.4 is 5.73 Å². The number of nitrogens with zero attached hydrogens (tertiary/aromatic N) is 2. The van der Waals surface area contributed by atoms with Crippen LogP contribution in [-0.2, 0) is 4.79 Å². The Bertz CT molecular complexity index is 252. The van der Waals surface area contributed by atoms with Gasteiger partial charge in [0.05, 0.1) is 0 Å². The zero-order valence-electron chi connectivity index (χ0n) is 8.99. The van der Waals surface area contributed by atoms with Gasteiger partial charge in [-0.25, -0.2) is 5.01 Å². The third-order valence-corrected chi connectivity index (χ3v) is 3.70. The van der Waals surface area contributed by atoms with Crippen LogP contribution in [0, 0.1) is 5.92 Å². The van der Waals surface area contributed by atoms with Crippen molar-refractivity contribution in [1.29, 1.82) is 0 Å². The Morgan fingerprint density at radius 2 is 2.21 bits per heavy atom. The van der Waals surface area contributed by atoms with Crippen molar-refractivity contribution in [2.24, 2.45) is 11.7 Å². The number of nitrogens with two attached hydrogens (primary N) is 1. The molecule has 0 aromatic rings. The van der Waals surface area contributed by atoms with E-state index in [1.165, 1.54) is 12.8 Å². The van der Waals surface area contributed by atoms with Gasteiger partial charge >= 0.3 is 0 Å². The molecule has 0 radical (unpaired) electrons. The molecule has 4 nitrogen and oxygen atoms in total. The van der Waals surface area contributed by atoms with E-state index in [0.717, 1.165) is 0 Å². The number of carbonyl (C=O) groups is 1. The smallest absolute Gasteiger partial charge is 0.238 e. The monoisotopic (exact) mass is 197 g/mol. The number of amides is 1. The van der Waals surface area contributed by atoms with E-state index in [4.69, 9.17) is 5.73 Å². The molecule has 1 heterocycles. The van der Waals surface area contributed by atoms with E-state index in [1.807, 2.05) is 7.05 Å². The number of hydrogen-bond donors (Lipinski definition) is 1. The second kappa shape index (κ2) is 3.21.